The van der Waals surface area contributed by atoms with Gasteiger partial charge >= 0.3 is 0 Å². The SMILES string of the molecule is CCC1CCN(c2ncc(CNC3CC3)cc2Cl)C1. The smallest absolute Gasteiger partial charge is 0.147 e. The van der Waals surface area contributed by atoms with E-state index in [9.17, 15) is 0 Å². The minimum absolute atomic E-state index is 0.724. The van der Waals surface area contributed by atoms with Gasteiger partial charge in [-0.15, -0.1) is 0 Å². The lowest BCUT2D eigenvalue weighted by Gasteiger charge is -2.19. The van der Waals surface area contributed by atoms with Crippen molar-refractivity contribution in [3.8, 4) is 0 Å². The van der Waals surface area contributed by atoms with E-state index >= 15 is 0 Å². The molecule has 0 bridgehead atoms. The van der Waals surface area contributed by atoms with Gasteiger partial charge in [0.25, 0.3) is 0 Å². The summed E-state index contributed by atoms with van der Waals surface area (Å²) in [5, 5.41) is 4.29. The van der Waals surface area contributed by atoms with Gasteiger partial charge in [-0.25, -0.2) is 4.98 Å². The summed E-state index contributed by atoms with van der Waals surface area (Å²) in [4.78, 5) is 6.91. The van der Waals surface area contributed by atoms with Crippen LogP contribution in [0.1, 0.15) is 38.2 Å². The van der Waals surface area contributed by atoms with Gasteiger partial charge in [-0.3, -0.25) is 0 Å². The number of aromatic nitrogens is 1. The summed E-state index contributed by atoms with van der Waals surface area (Å²) < 4.78 is 0. The molecule has 2 aliphatic rings. The van der Waals surface area contributed by atoms with Crippen molar-refractivity contribution in [3.05, 3.63) is 22.8 Å². The number of hydrogen-bond donors (Lipinski definition) is 1. The van der Waals surface area contributed by atoms with E-state index in [0.29, 0.717) is 0 Å². The second-order valence-electron chi connectivity index (χ2n) is 5.81. The minimum Gasteiger partial charge on any atom is -0.355 e. The predicted octanol–water partition coefficient (Wildman–Crippen LogP) is 3.22. The monoisotopic (exact) mass is 279 g/mol. The van der Waals surface area contributed by atoms with E-state index in [4.69, 9.17) is 11.6 Å². The lowest BCUT2D eigenvalue weighted by molar-refractivity contribution is 0.568. The fourth-order valence-electron chi connectivity index (χ4n) is 2.71. The van der Waals surface area contributed by atoms with Gasteiger partial charge in [0.2, 0.25) is 0 Å². The summed E-state index contributed by atoms with van der Waals surface area (Å²) in [7, 11) is 0. The van der Waals surface area contributed by atoms with Crippen LogP contribution >= 0.6 is 11.6 Å². The standard InChI is InChI=1S/C15H22ClN3/c1-2-11-5-6-19(10-11)15-14(16)7-12(9-18-15)8-17-13-3-4-13/h7,9,11,13,17H,2-6,8,10H2,1H3. The maximum absolute atomic E-state index is 6.40. The van der Waals surface area contributed by atoms with Crippen molar-refractivity contribution in [1.82, 2.24) is 10.3 Å². The molecule has 1 aliphatic heterocycles. The Balaban J connectivity index is 1.65. The molecule has 1 unspecified atom stereocenters. The summed E-state index contributed by atoms with van der Waals surface area (Å²) in [6.07, 6.45) is 7.10. The fourth-order valence-corrected chi connectivity index (χ4v) is 3.02. The first-order chi connectivity index (χ1) is 9.26. The zero-order valence-electron chi connectivity index (χ0n) is 11.5. The minimum atomic E-state index is 0.724. The number of rotatable bonds is 5. The molecule has 19 heavy (non-hydrogen) atoms. The van der Waals surface area contributed by atoms with Crippen LogP contribution in [0.15, 0.2) is 12.3 Å². The largest absolute Gasteiger partial charge is 0.355 e. The van der Waals surface area contributed by atoms with Crippen molar-refractivity contribution in [2.75, 3.05) is 18.0 Å². The Labute approximate surface area is 120 Å². The molecule has 0 amide bonds. The van der Waals surface area contributed by atoms with Crippen LogP contribution in [-0.2, 0) is 6.54 Å². The van der Waals surface area contributed by atoms with Gasteiger partial charge in [-0.05, 0) is 36.8 Å². The molecule has 1 aromatic heterocycles. The summed E-state index contributed by atoms with van der Waals surface area (Å²) in [5.41, 5.74) is 1.19. The molecule has 1 atom stereocenters. The van der Waals surface area contributed by atoms with Crippen molar-refractivity contribution in [1.29, 1.82) is 0 Å². The second kappa shape index (κ2) is 5.68. The van der Waals surface area contributed by atoms with Gasteiger partial charge in [0, 0.05) is 31.9 Å². The Morgan fingerprint density at radius 2 is 2.26 bits per heavy atom. The van der Waals surface area contributed by atoms with Crippen LogP contribution in [0.5, 0.6) is 0 Å². The number of nitrogens with one attached hydrogen (secondary N) is 1. The first-order valence-corrected chi connectivity index (χ1v) is 7.76. The molecule has 3 rings (SSSR count). The highest BCUT2D eigenvalue weighted by molar-refractivity contribution is 6.33. The maximum Gasteiger partial charge on any atom is 0.147 e. The third-order valence-corrected chi connectivity index (χ3v) is 4.49. The Morgan fingerprint density at radius 3 is 2.89 bits per heavy atom. The van der Waals surface area contributed by atoms with E-state index in [-0.39, 0.29) is 0 Å². The number of pyridine rings is 1. The quantitative estimate of drug-likeness (QED) is 0.897. The molecular formula is C15H22ClN3. The number of nitrogens with zero attached hydrogens (tertiary/aromatic N) is 2. The Hall–Kier alpha value is -0.800. The van der Waals surface area contributed by atoms with Crippen LogP contribution in [0.3, 0.4) is 0 Å². The van der Waals surface area contributed by atoms with Crippen LogP contribution in [0.4, 0.5) is 5.82 Å². The molecule has 1 aromatic rings. The molecule has 4 heteroatoms. The Kier molecular flexibility index (Phi) is 3.94. The highest BCUT2D eigenvalue weighted by Crippen LogP contribution is 2.30. The van der Waals surface area contributed by atoms with Gasteiger partial charge in [-0.1, -0.05) is 24.9 Å². The molecule has 1 aliphatic carbocycles. The first kappa shape index (κ1) is 13.2. The Bertz CT molecular complexity index is 445. The molecule has 1 N–H and O–H groups in total. The van der Waals surface area contributed by atoms with Gasteiger partial charge in [-0.2, -0.15) is 0 Å². The Morgan fingerprint density at radius 1 is 1.42 bits per heavy atom. The van der Waals surface area contributed by atoms with E-state index in [1.807, 2.05) is 6.20 Å². The van der Waals surface area contributed by atoms with Crippen molar-refractivity contribution >= 4 is 17.4 Å². The van der Waals surface area contributed by atoms with Gasteiger partial charge < -0.3 is 10.2 Å². The van der Waals surface area contributed by atoms with Gasteiger partial charge in [0.1, 0.15) is 5.82 Å². The molecule has 0 spiro atoms. The first-order valence-electron chi connectivity index (χ1n) is 7.39. The van der Waals surface area contributed by atoms with Crippen molar-refractivity contribution in [2.24, 2.45) is 5.92 Å². The van der Waals surface area contributed by atoms with Crippen LogP contribution in [0.2, 0.25) is 5.02 Å². The normalized spacial score (nSPS) is 23.1. The van der Waals surface area contributed by atoms with Crippen LogP contribution in [0.25, 0.3) is 0 Å². The van der Waals surface area contributed by atoms with E-state index in [0.717, 1.165) is 42.4 Å². The molecule has 0 radical (unpaired) electrons. The molecule has 0 aromatic carbocycles. The van der Waals surface area contributed by atoms with Crippen molar-refractivity contribution < 1.29 is 0 Å². The summed E-state index contributed by atoms with van der Waals surface area (Å²) in [6.45, 7) is 5.33. The average Bonchev–Trinajstić information content (AvgIpc) is 3.13. The molecule has 104 valence electrons. The molecule has 1 saturated carbocycles. The van der Waals surface area contributed by atoms with E-state index in [2.05, 4.69) is 28.2 Å². The lowest BCUT2D eigenvalue weighted by atomic mass is 10.1. The number of hydrogen-bond acceptors (Lipinski definition) is 3. The fraction of sp³-hybridized carbons (Fsp3) is 0.667. The topological polar surface area (TPSA) is 28.2 Å². The third-order valence-electron chi connectivity index (χ3n) is 4.21. The van der Waals surface area contributed by atoms with Gasteiger partial charge in [0.05, 0.1) is 5.02 Å². The summed E-state index contributed by atoms with van der Waals surface area (Å²) in [6, 6.07) is 2.79. The highest BCUT2D eigenvalue weighted by atomic mass is 35.5. The highest BCUT2D eigenvalue weighted by Gasteiger charge is 2.24. The van der Waals surface area contributed by atoms with Crippen LogP contribution < -0.4 is 10.2 Å². The van der Waals surface area contributed by atoms with Crippen LogP contribution in [-0.4, -0.2) is 24.1 Å². The molecular weight excluding hydrogens is 258 g/mol. The molecule has 2 heterocycles. The number of anilines is 1. The molecule has 1 saturated heterocycles. The van der Waals surface area contributed by atoms with E-state index in [1.54, 1.807) is 0 Å². The maximum atomic E-state index is 6.40. The zero-order valence-corrected chi connectivity index (χ0v) is 12.3. The third kappa shape index (κ3) is 3.21. The lowest BCUT2D eigenvalue weighted by Crippen LogP contribution is -2.21. The van der Waals surface area contributed by atoms with Crippen molar-refractivity contribution in [2.45, 2.75) is 45.2 Å². The van der Waals surface area contributed by atoms with Crippen molar-refractivity contribution in [3.63, 3.8) is 0 Å². The second-order valence-corrected chi connectivity index (χ2v) is 6.22. The summed E-state index contributed by atoms with van der Waals surface area (Å²) in [5.74, 6) is 1.77. The molecule has 3 nitrogen and oxygen atoms in total. The van der Waals surface area contributed by atoms with Crippen LogP contribution in [0, 0.1) is 5.92 Å². The molecule has 2 fully saturated rings. The average molecular weight is 280 g/mol. The predicted molar refractivity (Wildman–Crippen MR) is 79.7 cm³/mol. The van der Waals surface area contributed by atoms with E-state index in [1.165, 1.54) is 31.2 Å². The zero-order chi connectivity index (χ0) is 13.2. The number of halogens is 1. The summed E-state index contributed by atoms with van der Waals surface area (Å²) >= 11 is 6.40. The van der Waals surface area contributed by atoms with E-state index < -0.39 is 0 Å². The van der Waals surface area contributed by atoms with Gasteiger partial charge in [0.15, 0.2) is 0 Å².